The van der Waals surface area contributed by atoms with Gasteiger partial charge in [-0.05, 0) is 28.8 Å². The summed E-state index contributed by atoms with van der Waals surface area (Å²) in [4.78, 5) is 0. The normalized spacial score (nSPS) is 13.8. The van der Waals surface area contributed by atoms with Gasteiger partial charge in [0.15, 0.2) is 11.6 Å². The van der Waals surface area contributed by atoms with Crippen LogP contribution in [0, 0.1) is 11.6 Å². The summed E-state index contributed by atoms with van der Waals surface area (Å²) in [5, 5.41) is 3.22. The monoisotopic (exact) mass is 231 g/mol. The maximum atomic E-state index is 13.6. The van der Waals surface area contributed by atoms with Crippen molar-refractivity contribution in [2.75, 3.05) is 0 Å². The predicted octanol–water partition coefficient (Wildman–Crippen LogP) is 3.24. The molecule has 3 heteroatoms. The average molecular weight is 231 g/mol. The molecule has 0 spiro atoms. The lowest BCUT2D eigenvalue weighted by Crippen LogP contribution is -1.99. The van der Waals surface area contributed by atoms with Crippen molar-refractivity contribution >= 4 is 0 Å². The van der Waals surface area contributed by atoms with Crippen LogP contribution < -0.4 is 5.32 Å². The number of hydrogen-bond donors (Lipinski definition) is 1. The lowest BCUT2D eigenvalue weighted by molar-refractivity contribution is 0.511. The second-order valence-corrected chi connectivity index (χ2v) is 4.19. The Morgan fingerprint density at radius 1 is 0.941 bits per heavy atom. The van der Waals surface area contributed by atoms with Crippen molar-refractivity contribution in [3.05, 3.63) is 59.2 Å². The predicted molar refractivity (Wildman–Crippen MR) is 62.3 cm³/mol. The van der Waals surface area contributed by atoms with Crippen molar-refractivity contribution in [3.63, 3.8) is 0 Å². The first-order valence-electron chi connectivity index (χ1n) is 5.52. The van der Waals surface area contributed by atoms with Crippen molar-refractivity contribution in [2.45, 2.75) is 13.1 Å². The van der Waals surface area contributed by atoms with Crippen LogP contribution in [0.3, 0.4) is 0 Å². The molecule has 0 unspecified atom stereocenters. The summed E-state index contributed by atoms with van der Waals surface area (Å²) in [6.45, 7) is 1.64. The van der Waals surface area contributed by atoms with Gasteiger partial charge in [-0.3, -0.25) is 0 Å². The molecule has 17 heavy (non-hydrogen) atoms. The lowest BCUT2D eigenvalue weighted by Gasteiger charge is -2.06. The zero-order valence-electron chi connectivity index (χ0n) is 9.13. The van der Waals surface area contributed by atoms with E-state index in [4.69, 9.17) is 0 Å². The van der Waals surface area contributed by atoms with Crippen LogP contribution in [0.25, 0.3) is 11.1 Å². The van der Waals surface area contributed by atoms with Gasteiger partial charge in [-0.15, -0.1) is 0 Å². The van der Waals surface area contributed by atoms with E-state index >= 15 is 0 Å². The van der Waals surface area contributed by atoms with Crippen molar-refractivity contribution in [1.29, 1.82) is 0 Å². The molecule has 1 nitrogen and oxygen atoms in total. The molecule has 1 aliphatic rings. The van der Waals surface area contributed by atoms with Crippen LogP contribution >= 0.6 is 0 Å². The number of hydrogen-bond acceptors (Lipinski definition) is 1. The van der Waals surface area contributed by atoms with E-state index in [1.165, 1.54) is 11.6 Å². The number of nitrogens with one attached hydrogen (secondary N) is 1. The third kappa shape index (κ3) is 1.72. The number of fused-ring (bicyclic) bond motifs is 1. The van der Waals surface area contributed by atoms with Gasteiger partial charge in [0.2, 0.25) is 0 Å². The van der Waals surface area contributed by atoms with E-state index < -0.39 is 11.6 Å². The fraction of sp³-hybridized carbons (Fsp3) is 0.143. The summed E-state index contributed by atoms with van der Waals surface area (Å²) < 4.78 is 26.8. The SMILES string of the molecule is Fc1cccc(-c2ccc3c(c2)CNC3)c1F. The molecule has 0 radical (unpaired) electrons. The number of rotatable bonds is 1. The van der Waals surface area contributed by atoms with E-state index in [0.29, 0.717) is 5.56 Å². The average Bonchev–Trinajstić information content (AvgIpc) is 2.79. The van der Waals surface area contributed by atoms with Gasteiger partial charge in [-0.25, -0.2) is 8.78 Å². The van der Waals surface area contributed by atoms with Gasteiger partial charge in [-0.2, -0.15) is 0 Å². The van der Waals surface area contributed by atoms with Crippen LogP contribution in [0.2, 0.25) is 0 Å². The Morgan fingerprint density at radius 3 is 2.65 bits per heavy atom. The molecule has 0 bridgehead atoms. The summed E-state index contributed by atoms with van der Waals surface area (Å²) in [5.41, 5.74) is 3.43. The second kappa shape index (κ2) is 3.93. The standard InChI is InChI=1S/C14H11F2N/c15-13-3-1-2-12(14(13)16)9-4-5-10-7-17-8-11(10)6-9/h1-6,17H,7-8H2. The zero-order chi connectivity index (χ0) is 11.8. The molecular weight excluding hydrogens is 220 g/mol. The van der Waals surface area contributed by atoms with Crippen LogP contribution in [0.4, 0.5) is 8.78 Å². The first-order valence-corrected chi connectivity index (χ1v) is 5.52. The minimum absolute atomic E-state index is 0.319. The highest BCUT2D eigenvalue weighted by molar-refractivity contribution is 5.66. The fourth-order valence-corrected chi connectivity index (χ4v) is 2.19. The second-order valence-electron chi connectivity index (χ2n) is 4.19. The van der Waals surface area contributed by atoms with Crippen molar-refractivity contribution < 1.29 is 8.78 Å². The molecule has 86 valence electrons. The number of halogens is 2. The van der Waals surface area contributed by atoms with Gasteiger partial charge >= 0.3 is 0 Å². The smallest absolute Gasteiger partial charge is 0.166 e. The summed E-state index contributed by atoms with van der Waals surface area (Å²) in [6.07, 6.45) is 0. The highest BCUT2D eigenvalue weighted by Crippen LogP contribution is 2.27. The fourth-order valence-electron chi connectivity index (χ4n) is 2.19. The first kappa shape index (κ1) is 10.4. The molecule has 0 fully saturated rings. The summed E-state index contributed by atoms with van der Waals surface area (Å²) in [6, 6.07) is 9.99. The quantitative estimate of drug-likeness (QED) is 0.794. The van der Waals surface area contributed by atoms with Crippen LogP contribution in [0.15, 0.2) is 36.4 Å². The van der Waals surface area contributed by atoms with Gasteiger partial charge < -0.3 is 5.32 Å². The summed E-state index contributed by atoms with van der Waals surface area (Å²) in [5.74, 6) is -1.58. The molecule has 0 saturated heterocycles. The lowest BCUT2D eigenvalue weighted by atomic mass is 10.00. The first-order chi connectivity index (χ1) is 8.25. The Bertz CT molecular complexity index is 578. The summed E-state index contributed by atoms with van der Waals surface area (Å²) in [7, 11) is 0. The molecule has 0 aliphatic carbocycles. The van der Waals surface area contributed by atoms with E-state index in [9.17, 15) is 8.78 Å². The van der Waals surface area contributed by atoms with E-state index in [0.717, 1.165) is 30.3 Å². The Balaban J connectivity index is 2.13. The van der Waals surface area contributed by atoms with Gasteiger partial charge in [0, 0.05) is 18.7 Å². The highest BCUT2D eigenvalue weighted by atomic mass is 19.2. The summed E-state index contributed by atoms with van der Waals surface area (Å²) >= 11 is 0. The van der Waals surface area contributed by atoms with Gasteiger partial charge in [-0.1, -0.05) is 24.3 Å². The Morgan fingerprint density at radius 2 is 1.76 bits per heavy atom. The zero-order valence-corrected chi connectivity index (χ0v) is 9.13. The van der Waals surface area contributed by atoms with Crippen molar-refractivity contribution in [2.24, 2.45) is 0 Å². The van der Waals surface area contributed by atoms with Crippen LogP contribution in [0.5, 0.6) is 0 Å². The Hall–Kier alpha value is -1.74. The molecular formula is C14H11F2N. The molecule has 3 rings (SSSR count). The van der Waals surface area contributed by atoms with E-state index in [-0.39, 0.29) is 0 Å². The van der Waals surface area contributed by atoms with Gasteiger partial charge in [0.1, 0.15) is 0 Å². The van der Waals surface area contributed by atoms with Gasteiger partial charge in [0.25, 0.3) is 0 Å². The van der Waals surface area contributed by atoms with Gasteiger partial charge in [0.05, 0.1) is 0 Å². The molecule has 2 aromatic carbocycles. The molecule has 0 saturated carbocycles. The van der Waals surface area contributed by atoms with E-state index in [2.05, 4.69) is 5.32 Å². The largest absolute Gasteiger partial charge is 0.309 e. The Labute approximate surface area is 98.1 Å². The number of benzene rings is 2. The topological polar surface area (TPSA) is 12.0 Å². The van der Waals surface area contributed by atoms with E-state index in [1.807, 2.05) is 18.2 Å². The maximum Gasteiger partial charge on any atom is 0.166 e. The highest BCUT2D eigenvalue weighted by Gasteiger charge is 2.14. The Kier molecular flexibility index (Phi) is 2.41. The molecule has 1 aliphatic heterocycles. The minimum atomic E-state index is -0.805. The molecule has 1 heterocycles. The maximum absolute atomic E-state index is 13.6. The third-order valence-electron chi connectivity index (χ3n) is 3.10. The van der Waals surface area contributed by atoms with Crippen LogP contribution in [-0.2, 0) is 13.1 Å². The molecule has 0 aromatic heterocycles. The molecule has 0 amide bonds. The molecule has 0 atom stereocenters. The van der Waals surface area contributed by atoms with Crippen LogP contribution in [0.1, 0.15) is 11.1 Å². The third-order valence-corrected chi connectivity index (χ3v) is 3.10. The molecule has 2 aromatic rings. The molecule has 1 N–H and O–H groups in total. The van der Waals surface area contributed by atoms with Crippen LogP contribution in [-0.4, -0.2) is 0 Å². The van der Waals surface area contributed by atoms with E-state index in [1.54, 1.807) is 6.07 Å². The van der Waals surface area contributed by atoms with Crippen molar-refractivity contribution in [3.8, 4) is 11.1 Å². The minimum Gasteiger partial charge on any atom is -0.309 e. The van der Waals surface area contributed by atoms with Crippen molar-refractivity contribution in [1.82, 2.24) is 5.32 Å².